The van der Waals surface area contributed by atoms with E-state index in [-0.39, 0.29) is 24.2 Å². The van der Waals surface area contributed by atoms with E-state index in [4.69, 9.17) is 4.74 Å². The summed E-state index contributed by atoms with van der Waals surface area (Å²) < 4.78 is 5.20. The largest absolute Gasteiger partial charge is 0.444 e. The lowest BCUT2D eigenvalue weighted by Gasteiger charge is -2.37. The first-order valence-electron chi connectivity index (χ1n) is 7.08. The van der Waals surface area contributed by atoms with Crippen molar-refractivity contribution >= 4 is 6.09 Å². The molecular weight excluding hydrogens is 244 g/mol. The van der Waals surface area contributed by atoms with Crippen LogP contribution in [0, 0.1) is 5.92 Å². The van der Waals surface area contributed by atoms with E-state index < -0.39 is 5.60 Å². The second-order valence-electron chi connectivity index (χ2n) is 6.73. The van der Waals surface area contributed by atoms with Gasteiger partial charge in [0.05, 0.1) is 6.10 Å². The molecule has 0 aromatic carbocycles. The first kappa shape index (κ1) is 16.2. The molecule has 5 heteroatoms. The monoisotopic (exact) mass is 272 g/mol. The van der Waals surface area contributed by atoms with Crippen LogP contribution in [0.1, 0.15) is 47.5 Å². The number of carbonyl (C=O) groups is 1. The average Bonchev–Trinajstić information content (AvgIpc) is 2.17. The molecule has 5 nitrogen and oxygen atoms in total. The van der Waals surface area contributed by atoms with Gasteiger partial charge in [-0.3, -0.25) is 0 Å². The highest BCUT2D eigenvalue weighted by molar-refractivity contribution is 5.68. The standard InChI is InChI=1S/C14H28N2O3/c1-9(2)12(17)8-15-10-6-11(7-10)16-13(18)19-14(3,4)5/h9-12,15,17H,6-8H2,1-5H3,(H,16,18). The summed E-state index contributed by atoms with van der Waals surface area (Å²) in [5, 5.41) is 15.8. The van der Waals surface area contributed by atoms with Gasteiger partial charge in [0.25, 0.3) is 0 Å². The fraction of sp³-hybridized carbons (Fsp3) is 0.929. The Morgan fingerprint density at radius 2 is 1.89 bits per heavy atom. The van der Waals surface area contributed by atoms with Crippen LogP contribution in [0.2, 0.25) is 0 Å². The maximum Gasteiger partial charge on any atom is 0.407 e. The number of alkyl carbamates (subject to hydrolysis) is 1. The summed E-state index contributed by atoms with van der Waals surface area (Å²) in [6.45, 7) is 10.2. The minimum Gasteiger partial charge on any atom is -0.444 e. The van der Waals surface area contributed by atoms with Crippen molar-refractivity contribution in [1.29, 1.82) is 0 Å². The van der Waals surface area contributed by atoms with Crippen LogP contribution in [0.4, 0.5) is 4.79 Å². The van der Waals surface area contributed by atoms with Gasteiger partial charge in [0, 0.05) is 18.6 Å². The van der Waals surface area contributed by atoms with Crippen molar-refractivity contribution in [2.45, 2.75) is 71.2 Å². The summed E-state index contributed by atoms with van der Waals surface area (Å²) in [6.07, 6.45) is 1.13. The molecule has 0 aliphatic heterocycles. The zero-order valence-corrected chi connectivity index (χ0v) is 12.7. The zero-order valence-electron chi connectivity index (χ0n) is 12.7. The van der Waals surface area contributed by atoms with Crippen molar-refractivity contribution in [2.75, 3.05) is 6.54 Å². The fourth-order valence-corrected chi connectivity index (χ4v) is 1.90. The van der Waals surface area contributed by atoms with Gasteiger partial charge in [-0.25, -0.2) is 4.79 Å². The predicted octanol–water partition coefficient (Wildman–Crippen LogP) is 1.65. The van der Waals surface area contributed by atoms with Crippen molar-refractivity contribution in [3.63, 3.8) is 0 Å². The average molecular weight is 272 g/mol. The molecule has 0 radical (unpaired) electrons. The number of aliphatic hydroxyl groups excluding tert-OH is 1. The Hall–Kier alpha value is -0.810. The van der Waals surface area contributed by atoms with Gasteiger partial charge in [-0.2, -0.15) is 0 Å². The molecule has 19 heavy (non-hydrogen) atoms. The maximum absolute atomic E-state index is 11.5. The maximum atomic E-state index is 11.5. The Labute approximate surface area is 116 Å². The number of aliphatic hydroxyl groups is 1. The summed E-state index contributed by atoms with van der Waals surface area (Å²) in [5.74, 6) is 0.267. The topological polar surface area (TPSA) is 70.6 Å². The van der Waals surface area contributed by atoms with E-state index in [9.17, 15) is 9.90 Å². The minimum atomic E-state index is -0.452. The molecule has 0 aromatic heterocycles. The second kappa shape index (κ2) is 6.57. The Morgan fingerprint density at radius 1 is 1.32 bits per heavy atom. The molecule has 3 N–H and O–H groups in total. The highest BCUT2D eigenvalue weighted by Gasteiger charge is 2.31. The normalized spacial score (nSPS) is 24.8. The third-order valence-electron chi connectivity index (χ3n) is 3.24. The Bertz CT molecular complexity index is 294. The van der Waals surface area contributed by atoms with E-state index in [2.05, 4.69) is 10.6 Å². The number of amides is 1. The molecule has 1 rings (SSSR count). The van der Waals surface area contributed by atoms with Gasteiger partial charge in [0.1, 0.15) is 5.60 Å². The molecular formula is C14H28N2O3. The van der Waals surface area contributed by atoms with Crippen molar-refractivity contribution in [1.82, 2.24) is 10.6 Å². The highest BCUT2D eigenvalue weighted by atomic mass is 16.6. The lowest BCUT2D eigenvalue weighted by Crippen LogP contribution is -2.54. The minimum absolute atomic E-state index is 0.184. The third-order valence-corrected chi connectivity index (χ3v) is 3.24. The van der Waals surface area contributed by atoms with E-state index in [1.807, 2.05) is 34.6 Å². The number of ether oxygens (including phenoxy) is 1. The summed E-state index contributed by atoms with van der Waals surface area (Å²) >= 11 is 0. The number of hydrogen-bond donors (Lipinski definition) is 3. The van der Waals surface area contributed by atoms with Gasteiger partial charge in [-0.15, -0.1) is 0 Å². The predicted molar refractivity (Wildman–Crippen MR) is 75.0 cm³/mol. The summed E-state index contributed by atoms with van der Waals surface area (Å²) in [4.78, 5) is 11.5. The van der Waals surface area contributed by atoms with Gasteiger partial charge in [-0.1, -0.05) is 13.8 Å². The van der Waals surface area contributed by atoms with Crippen molar-refractivity contribution in [3.05, 3.63) is 0 Å². The van der Waals surface area contributed by atoms with E-state index >= 15 is 0 Å². The van der Waals surface area contributed by atoms with Crippen molar-refractivity contribution < 1.29 is 14.6 Å². The van der Waals surface area contributed by atoms with Gasteiger partial charge in [0.2, 0.25) is 0 Å². The Kier molecular flexibility index (Phi) is 5.62. The molecule has 1 atom stereocenters. The zero-order chi connectivity index (χ0) is 14.6. The smallest absolute Gasteiger partial charge is 0.407 e. The van der Waals surface area contributed by atoms with Gasteiger partial charge in [-0.05, 0) is 39.5 Å². The number of nitrogens with one attached hydrogen (secondary N) is 2. The van der Waals surface area contributed by atoms with Crippen LogP contribution >= 0.6 is 0 Å². The van der Waals surface area contributed by atoms with Gasteiger partial charge < -0.3 is 20.5 Å². The van der Waals surface area contributed by atoms with Gasteiger partial charge >= 0.3 is 6.09 Å². The van der Waals surface area contributed by atoms with Gasteiger partial charge in [0.15, 0.2) is 0 Å². The van der Waals surface area contributed by atoms with Crippen LogP contribution in [0.5, 0.6) is 0 Å². The molecule has 0 saturated heterocycles. The molecule has 112 valence electrons. The van der Waals surface area contributed by atoms with Crippen LogP contribution < -0.4 is 10.6 Å². The van der Waals surface area contributed by atoms with E-state index in [0.29, 0.717) is 12.6 Å². The van der Waals surface area contributed by atoms with Crippen LogP contribution in [0.15, 0.2) is 0 Å². The molecule has 1 unspecified atom stereocenters. The molecule has 1 saturated carbocycles. The number of hydrogen-bond acceptors (Lipinski definition) is 4. The van der Waals surface area contributed by atoms with E-state index in [0.717, 1.165) is 12.8 Å². The lowest BCUT2D eigenvalue weighted by atomic mass is 9.86. The molecule has 0 spiro atoms. The van der Waals surface area contributed by atoms with Crippen LogP contribution in [0.25, 0.3) is 0 Å². The molecule has 0 heterocycles. The molecule has 1 amide bonds. The number of carbonyl (C=O) groups excluding carboxylic acids is 1. The highest BCUT2D eigenvalue weighted by Crippen LogP contribution is 2.20. The first-order chi connectivity index (χ1) is 8.67. The third kappa shape index (κ3) is 6.25. The molecule has 1 aliphatic rings. The van der Waals surface area contributed by atoms with Crippen LogP contribution in [0.3, 0.4) is 0 Å². The van der Waals surface area contributed by atoms with Crippen molar-refractivity contribution in [3.8, 4) is 0 Å². The Morgan fingerprint density at radius 3 is 2.37 bits per heavy atom. The summed E-state index contributed by atoms with van der Waals surface area (Å²) in [5.41, 5.74) is -0.452. The van der Waals surface area contributed by atoms with E-state index in [1.165, 1.54) is 0 Å². The Balaban J connectivity index is 2.12. The quantitative estimate of drug-likeness (QED) is 0.711. The summed E-state index contributed by atoms with van der Waals surface area (Å²) in [7, 11) is 0. The number of rotatable bonds is 5. The SMILES string of the molecule is CC(C)C(O)CNC1CC(NC(=O)OC(C)(C)C)C1. The van der Waals surface area contributed by atoms with Crippen LogP contribution in [-0.4, -0.2) is 41.5 Å². The second-order valence-corrected chi connectivity index (χ2v) is 6.73. The lowest BCUT2D eigenvalue weighted by molar-refractivity contribution is 0.0457. The molecule has 1 aliphatic carbocycles. The van der Waals surface area contributed by atoms with Crippen molar-refractivity contribution in [2.24, 2.45) is 5.92 Å². The molecule has 0 aromatic rings. The molecule has 1 fully saturated rings. The van der Waals surface area contributed by atoms with E-state index in [1.54, 1.807) is 0 Å². The fourth-order valence-electron chi connectivity index (χ4n) is 1.90. The summed E-state index contributed by atoms with van der Waals surface area (Å²) in [6, 6.07) is 0.567. The first-order valence-corrected chi connectivity index (χ1v) is 7.08. The molecule has 0 bridgehead atoms. The van der Waals surface area contributed by atoms with Crippen LogP contribution in [-0.2, 0) is 4.74 Å².